The van der Waals surface area contributed by atoms with Crippen molar-refractivity contribution < 1.29 is 13.7 Å². The average Bonchev–Trinajstić information content (AvgIpc) is 2.46. The predicted molar refractivity (Wildman–Crippen MR) is 86.8 cm³/mol. The Kier molecular flexibility index (Phi) is 6.40. The van der Waals surface area contributed by atoms with Crippen molar-refractivity contribution in [3.05, 3.63) is 29.8 Å². The number of carbonyl (C=O) groups is 1. The molecular weight excluding hydrogens is 286 g/mol. The molecule has 21 heavy (non-hydrogen) atoms. The molecule has 2 unspecified atom stereocenters. The second-order valence-corrected chi connectivity index (χ2v) is 7.50. The maximum absolute atomic E-state index is 12.3. The van der Waals surface area contributed by atoms with E-state index in [1.165, 1.54) is 0 Å². The van der Waals surface area contributed by atoms with E-state index in [9.17, 15) is 9.00 Å². The second kappa shape index (κ2) is 7.59. The van der Waals surface area contributed by atoms with Gasteiger partial charge in [-0.15, -0.1) is 0 Å². The number of ether oxygens (including phenoxy) is 1. The summed E-state index contributed by atoms with van der Waals surface area (Å²) < 4.78 is 17.5. The summed E-state index contributed by atoms with van der Waals surface area (Å²) in [6, 6.07) is 7.43. The highest BCUT2D eigenvalue weighted by Crippen LogP contribution is 2.16. The fourth-order valence-corrected chi connectivity index (χ4v) is 2.75. The SMILES string of the molecule is CCC(C)(C)NC(=O)C(C)S(=O)Cc1cccc(OC)c1. The third-order valence-electron chi connectivity index (χ3n) is 3.55. The van der Waals surface area contributed by atoms with Crippen LogP contribution in [0.5, 0.6) is 5.75 Å². The zero-order chi connectivity index (χ0) is 16.0. The molecule has 1 amide bonds. The fraction of sp³-hybridized carbons (Fsp3) is 0.562. The molecule has 2 atom stereocenters. The van der Waals surface area contributed by atoms with Gasteiger partial charge in [0, 0.05) is 22.1 Å². The number of methoxy groups -OCH3 is 1. The fourth-order valence-electron chi connectivity index (χ4n) is 1.69. The number of carbonyl (C=O) groups excluding carboxylic acids is 1. The lowest BCUT2D eigenvalue weighted by atomic mass is 10.0. The van der Waals surface area contributed by atoms with E-state index in [4.69, 9.17) is 4.74 Å². The van der Waals surface area contributed by atoms with E-state index in [1.807, 2.05) is 45.0 Å². The van der Waals surface area contributed by atoms with Crippen molar-refractivity contribution >= 4 is 16.7 Å². The van der Waals surface area contributed by atoms with E-state index in [2.05, 4.69) is 5.32 Å². The van der Waals surface area contributed by atoms with Crippen molar-refractivity contribution in [3.8, 4) is 5.75 Å². The van der Waals surface area contributed by atoms with Gasteiger partial charge in [0.1, 0.15) is 11.0 Å². The first kappa shape index (κ1) is 17.7. The third kappa shape index (κ3) is 5.50. The predicted octanol–water partition coefficient (Wildman–Crippen LogP) is 2.64. The van der Waals surface area contributed by atoms with Crippen LogP contribution < -0.4 is 10.1 Å². The molecule has 0 aliphatic carbocycles. The van der Waals surface area contributed by atoms with E-state index in [0.717, 1.165) is 17.7 Å². The van der Waals surface area contributed by atoms with Crippen molar-refractivity contribution in [2.75, 3.05) is 7.11 Å². The number of hydrogen-bond donors (Lipinski definition) is 1. The van der Waals surface area contributed by atoms with E-state index < -0.39 is 16.0 Å². The van der Waals surface area contributed by atoms with E-state index >= 15 is 0 Å². The van der Waals surface area contributed by atoms with Gasteiger partial charge in [0.05, 0.1) is 7.11 Å². The molecule has 0 aliphatic rings. The van der Waals surface area contributed by atoms with Gasteiger partial charge in [-0.3, -0.25) is 9.00 Å². The molecule has 1 rings (SSSR count). The summed E-state index contributed by atoms with van der Waals surface area (Å²) in [5.41, 5.74) is 0.632. The average molecular weight is 311 g/mol. The Labute approximate surface area is 129 Å². The molecule has 0 fully saturated rings. The zero-order valence-electron chi connectivity index (χ0n) is 13.4. The highest BCUT2D eigenvalue weighted by Gasteiger charge is 2.25. The van der Waals surface area contributed by atoms with Crippen LogP contribution in [-0.4, -0.2) is 28.0 Å². The normalized spacial score (nSPS) is 14.3. The Hall–Kier alpha value is -1.36. The summed E-state index contributed by atoms with van der Waals surface area (Å²) >= 11 is 0. The van der Waals surface area contributed by atoms with Crippen molar-refractivity contribution in [2.24, 2.45) is 0 Å². The summed E-state index contributed by atoms with van der Waals surface area (Å²) in [7, 11) is 0.336. The Bertz CT molecular complexity index is 514. The molecule has 0 aromatic heterocycles. The maximum atomic E-state index is 12.3. The summed E-state index contributed by atoms with van der Waals surface area (Å²) in [4.78, 5) is 12.1. The van der Waals surface area contributed by atoms with Gasteiger partial charge in [-0.25, -0.2) is 0 Å². The molecular formula is C16H25NO3S. The quantitative estimate of drug-likeness (QED) is 0.842. The van der Waals surface area contributed by atoms with Crippen molar-refractivity contribution in [1.29, 1.82) is 0 Å². The smallest absolute Gasteiger partial charge is 0.235 e. The van der Waals surface area contributed by atoms with Crippen LogP contribution >= 0.6 is 0 Å². The first-order valence-electron chi connectivity index (χ1n) is 7.11. The molecule has 0 saturated carbocycles. The molecule has 0 bridgehead atoms. The lowest BCUT2D eigenvalue weighted by molar-refractivity contribution is -0.121. The van der Waals surface area contributed by atoms with Crippen LogP contribution in [0.15, 0.2) is 24.3 Å². The van der Waals surface area contributed by atoms with E-state index in [1.54, 1.807) is 14.0 Å². The van der Waals surface area contributed by atoms with Gasteiger partial charge in [-0.05, 0) is 44.9 Å². The van der Waals surface area contributed by atoms with Gasteiger partial charge in [0.2, 0.25) is 5.91 Å². The maximum Gasteiger partial charge on any atom is 0.235 e. The minimum atomic E-state index is -1.26. The van der Waals surface area contributed by atoms with Crippen LogP contribution in [0, 0.1) is 0 Å². The standard InChI is InChI=1S/C16H25NO3S/c1-6-16(3,4)17-15(18)12(2)21(19)11-13-8-7-9-14(10-13)20-5/h7-10,12H,6,11H2,1-5H3,(H,17,18). The van der Waals surface area contributed by atoms with Gasteiger partial charge < -0.3 is 10.1 Å². The van der Waals surface area contributed by atoms with Gasteiger partial charge in [0.15, 0.2) is 0 Å². The first-order valence-corrected chi connectivity index (χ1v) is 8.49. The van der Waals surface area contributed by atoms with Crippen LogP contribution in [0.4, 0.5) is 0 Å². The Morgan fingerprint density at radius 3 is 2.67 bits per heavy atom. The van der Waals surface area contributed by atoms with Crippen LogP contribution in [-0.2, 0) is 21.3 Å². The third-order valence-corrected chi connectivity index (χ3v) is 5.17. The van der Waals surface area contributed by atoms with Gasteiger partial charge in [-0.2, -0.15) is 0 Å². The number of rotatable bonds is 7. The molecule has 0 radical (unpaired) electrons. The van der Waals surface area contributed by atoms with Crippen molar-refractivity contribution in [1.82, 2.24) is 5.32 Å². The molecule has 0 aliphatic heterocycles. The molecule has 1 aromatic rings. The zero-order valence-corrected chi connectivity index (χ0v) is 14.3. The van der Waals surface area contributed by atoms with Crippen molar-refractivity contribution in [2.45, 2.75) is 50.7 Å². The first-order chi connectivity index (χ1) is 9.79. The minimum absolute atomic E-state index is 0.164. The molecule has 0 saturated heterocycles. The second-order valence-electron chi connectivity index (χ2n) is 5.75. The number of benzene rings is 1. The molecule has 0 heterocycles. The minimum Gasteiger partial charge on any atom is -0.497 e. The van der Waals surface area contributed by atoms with Crippen LogP contribution in [0.2, 0.25) is 0 Å². The topological polar surface area (TPSA) is 55.4 Å². The van der Waals surface area contributed by atoms with Crippen LogP contribution in [0.25, 0.3) is 0 Å². The van der Waals surface area contributed by atoms with Crippen LogP contribution in [0.3, 0.4) is 0 Å². The Morgan fingerprint density at radius 2 is 2.10 bits per heavy atom. The van der Waals surface area contributed by atoms with Gasteiger partial charge in [-0.1, -0.05) is 19.1 Å². The largest absolute Gasteiger partial charge is 0.497 e. The monoisotopic (exact) mass is 311 g/mol. The van der Waals surface area contributed by atoms with Gasteiger partial charge in [0.25, 0.3) is 0 Å². The van der Waals surface area contributed by atoms with E-state index in [-0.39, 0.29) is 11.4 Å². The molecule has 1 aromatic carbocycles. The lowest BCUT2D eigenvalue weighted by Gasteiger charge is -2.26. The molecule has 0 spiro atoms. The van der Waals surface area contributed by atoms with E-state index in [0.29, 0.717) is 5.75 Å². The summed E-state index contributed by atoms with van der Waals surface area (Å²) in [5.74, 6) is 0.912. The lowest BCUT2D eigenvalue weighted by Crippen LogP contribution is -2.47. The highest BCUT2D eigenvalue weighted by molar-refractivity contribution is 7.85. The summed E-state index contributed by atoms with van der Waals surface area (Å²) in [5, 5.41) is 2.40. The molecule has 4 nitrogen and oxygen atoms in total. The number of hydrogen-bond acceptors (Lipinski definition) is 3. The Morgan fingerprint density at radius 1 is 1.43 bits per heavy atom. The number of nitrogens with one attached hydrogen (secondary N) is 1. The molecule has 118 valence electrons. The molecule has 5 heteroatoms. The summed E-state index contributed by atoms with van der Waals surface area (Å²) in [6.07, 6.45) is 0.827. The van der Waals surface area contributed by atoms with Crippen molar-refractivity contribution in [3.63, 3.8) is 0 Å². The highest BCUT2D eigenvalue weighted by atomic mass is 32.2. The Balaban J connectivity index is 2.68. The number of amides is 1. The van der Waals surface area contributed by atoms with Gasteiger partial charge >= 0.3 is 0 Å². The van der Waals surface area contributed by atoms with Crippen LogP contribution in [0.1, 0.15) is 39.7 Å². The molecule has 1 N–H and O–H groups in total. The summed E-state index contributed by atoms with van der Waals surface area (Å²) in [6.45, 7) is 7.64.